The van der Waals surface area contributed by atoms with E-state index >= 15 is 0 Å². The number of hydrogen-bond acceptors (Lipinski definition) is 3. The molecule has 1 aromatic heterocycles. The zero-order chi connectivity index (χ0) is 11.8. The molecule has 2 atom stereocenters. The lowest BCUT2D eigenvalue weighted by Gasteiger charge is -2.23. The summed E-state index contributed by atoms with van der Waals surface area (Å²) in [6.45, 7) is 2.12. The van der Waals surface area contributed by atoms with Crippen molar-refractivity contribution in [1.29, 1.82) is 0 Å². The highest BCUT2D eigenvalue weighted by atomic mass is 79.9. The highest BCUT2D eigenvalue weighted by molar-refractivity contribution is 9.11. The zero-order valence-corrected chi connectivity index (χ0v) is 11.7. The molecule has 0 fully saturated rings. The van der Waals surface area contributed by atoms with Crippen LogP contribution in [0.5, 0.6) is 0 Å². The largest absolute Gasteiger partial charge is 0.277 e. The number of halogens is 1. The number of aliphatic imine (C=N–C) groups is 1. The van der Waals surface area contributed by atoms with Crippen LogP contribution in [0, 0.1) is 6.92 Å². The van der Waals surface area contributed by atoms with Gasteiger partial charge in [-0.25, -0.2) is 0 Å². The van der Waals surface area contributed by atoms with Gasteiger partial charge in [0.25, 0.3) is 0 Å². The van der Waals surface area contributed by atoms with Crippen LogP contribution in [0.2, 0.25) is 0 Å². The van der Waals surface area contributed by atoms with Crippen LogP contribution in [0.25, 0.3) is 5.57 Å². The van der Waals surface area contributed by atoms with Gasteiger partial charge >= 0.3 is 0 Å². The number of hydrogen-bond donors (Lipinski definition) is 0. The third-order valence-corrected chi connectivity index (χ3v) is 4.59. The Hall–Kier alpha value is -0.870. The van der Waals surface area contributed by atoms with E-state index in [0.717, 1.165) is 4.48 Å². The highest BCUT2D eigenvalue weighted by Crippen LogP contribution is 2.40. The summed E-state index contributed by atoms with van der Waals surface area (Å²) in [5, 5.41) is 0.402. The first-order valence-corrected chi connectivity index (χ1v) is 7.16. The summed E-state index contributed by atoms with van der Waals surface area (Å²) < 4.78 is 1.11. The maximum Gasteiger partial charge on any atom is 0.0863 e. The molecule has 2 aliphatic rings. The molecule has 0 saturated heterocycles. The van der Waals surface area contributed by atoms with Crippen LogP contribution < -0.4 is 0 Å². The summed E-state index contributed by atoms with van der Waals surface area (Å²) >= 11 is 5.36. The number of fused-ring (bicyclic) bond motifs is 1. The maximum atomic E-state index is 4.48. The first kappa shape index (κ1) is 11.2. The van der Waals surface area contributed by atoms with Gasteiger partial charge in [-0.1, -0.05) is 15.9 Å². The molecule has 0 aromatic carbocycles. The van der Waals surface area contributed by atoms with Crippen molar-refractivity contribution >= 4 is 38.8 Å². The molecule has 2 unspecified atom stereocenters. The molecule has 86 valence electrons. The van der Waals surface area contributed by atoms with Crippen LogP contribution in [0.1, 0.15) is 11.1 Å². The predicted octanol–water partition coefficient (Wildman–Crippen LogP) is 3.58. The highest BCUT2D eigenvalue weighted by Gasteiger charge is 2.31. The van der Waals surface area contributed by atoms with Crippen LogP contribution in [0.15, 0.2) is 40.1 Å². The molecule has 1 aromatic rings. The van der Waals surface area contributed by atoms with Crippen molar-refractivity contribution in [2.24, 2.45) is 4.99 Å². The lowest BCUT2D eigenvalue weighted by molar-refractivity contribution is 0.872. The molecule has 17 heavy (non-hydrogen) atoms. The molecule has 0 radical (unpaired) electrons. The molecule has 0 bridgehead atoms. The summed E-state index contributed by atoms with van der Waals surface area (Å²) in [6.07, 6.45) is 8.13. The molecule has 0 N–H and O–H groups in total. The quantitative estimate of drug-likeness (QED) is 0.792. The first-order chi connectivity index (χ1) is 8.25. The Morgan fingerprint density at radius 1 is 1.41 bits per heavy atom. The number of aryl methyl sites for hydroxylation is 1. The van der Waals surface area contributed by atoms with Gasteiger partial charge in [-0.3, -0.25) is 9.98 Å². The molecule has 1 aliphatic carbocycles. The topological polar surface area (TPSA) is 25.2 Å². The number of rotatable bonds is 1. The van der Waals surface area contributed by atoms with Gasteiger partial charge in [0.1, 0.15) is 0 Å². The second-order valence-corrected chi connectivity index (χ2v) is 6.05. The molecule has 0 saturated carbocycles. The van der Waals surface area contributed by atoms with E-state index in [-0.39, 0.29) is 6.04 Å². The summed E-state index contributed by atoms with van der Waals surface area (Å²) in [4.78, 5) is 8.72. The van der Waals surface area contributed by atoms with Gasteiger partial charge in [-0.15, -0.1) is 11.8 Å². The van der Waals surface area contributed by atoms with E-state index in [1.165, 1.54) is 16.7 Å². The predicted molar refractivity (Wildman–Crippen MR) is 77.6 cm³/mol. The van der Waals surface area contributed by atoms with Crippen molar-refractivity contribution in [2.75, 3.05) is 0 Å². The van der Waals surface area contributed by atoms with Crippen molar-refractivity contribution in [3.63, 3.8) is 0 Å². The summed E-state index contributed by atoms with van der Waals surface area (Å²) in [5.74, 6) is 0. The van der Waals surface area contributed by atoms with Gasteiger partial charge in [-0.2, -0.15) is 0 Å². The van der Waals surface area contributed by atoms with E-state index in [1.54, 1.807) is 11.8 Å². The average molecular weight is 307 g/mol. The van der Waals surface area contributed by atoms with Crippen molar-refractivity contribution < 1.29 is 0 Å². The van der Waals surface area contributed by atoms with Gasteiger partial charge in [0, 0.05) is 22.4 Å². The Balaban J connectivity index is 2.08. The van der Waals surface area contributed by atoms with Crippen molar-refractivity contribution in [3.05, 3.63) is 46.2 Å². The van der Waals surface area contributed by atoms with E-state index in [2.05, 4.69) is 51.0 Å². The molecule has 4 heteroatoms. The van der Waals surface area contributed by atoms with E-state index in [0.29, 0.717) is 5.25 Å². The van der Waals surface area contributed by atoms with Gasteiger partial charge < -0.3 is 0 Å². The first-order valence-electron chi connectivity index (χ1n) is 5.43. The summed E-state index contributed by atoms with van der Waals surface area (Å²) in [5.41, 5.74) is 5.76. The van der Waals surface area contributed by atoms with E-state index in [4.69, 9.17) is 0 Å². The Morgan fingerprint density at radius 2 is 2.29 bits per heavy atom. The number of allylic oxidation sites excluding steroid dienone is 2. The van der Waals surface area contributed by atoms with Crippen LogP contribution in [-0.2, 0) is 0 Å². The fourth-order valence-corrected chi connectivity index (χ4v) is 3.67. The SMILES string of the molecule is Cc1ccncc1C1=CC(Br)=CC2N=CSC12. The van der Waals surface area contributed by atoms with E-state index in [9.17, 15) is 0 Å². The van der Waals surface area contributed by atoms with Gasteiger partial charge in [0.05, 0.1) is 16.8 Å². The molecule has 2 nitrogen and oxygen atoms in total. The molecule has 2 heterocycles. The van der Waals surface area contributed by atoms with E-state index in [1.807, 2.05) is 17.9 Å². The van der Waals surface area contributed by atoms with Gasteiger partial charge in [0.15, 0.2) is 0 Å². The van der Waals surface area contributed by atoms with Crippen molar-refractivity contribution in [1.82, 2.24) is 4.98 Å². The normalized spacial score (nSPS) is 26.5. The van der Waals surface area contributed by atoms with E-state index < -0.39 is 0 Å². The number of aromatic nitrogens is 1. The summed E-state index contributed by atoms with van der Waals surface area (Å²) in [7, 11) is 0. The Labute approximate surface area is 113 Å². The second-order valence-electron chi connectivity index (χ2n) is 4.14. The van der Waals surface area contributed by atoms with Gasteiger partial charge in [0.2, 0.25) is 0 Å². The molecule has 0 spiro atoms. The van der Waals surface area contributed by atoms with Gasteiger partial charge in [-0.05, 0) is 36.3 Å². The standard InChI is InChI=1S/C13H11BrN2S/c1-8-2-3-15-6-11(8)10-4-9(14)5-12-13(10)17-7-16-12/h2-7,12-13H,1H3. The number of nitrogens with zero attached hydrogens (tertiary/aromatic N) is 2. The number of pyridine rings is 1. The lowest BCUT2D eigenvalue weighted by atomic mass is 9.92. The maximum absolute atomic E-state index is 4.48. The fourth-order valence-electron chi connectivity index (χ4n) is 2.16. The molecular weight excluding hydrogens is 296 g/mol. The van der Waals surface area contributed by atoms with Crippen LogP contribution in [0.4, 0.5) is 0 Å². The zero-order valence-electron chi connectivity index (χ0n) is 9.30. The third kappa shape index (κ3) is 2.00. The molecule has 0 amide bonds. The van der Waals surface area contributed by atoms with Crippen molar-refractivity contribution in [2.45, 2.75) is 18.2 Å². The van der Waals surface area contributed by atoms with Crippen LogP contribution >= 0.6 is 27.7 Å². The molecular formula is C13H11BrN2S. The molecule has 3 rings (SSSR count). The molecule has 1 aliphatic heterocycles. The average Bonchev–Trinajstić information content (AvgIpc) is 2.76. The Morgan fingerprint density at radius 3 is 3.12 bits per heavy atom. The van der Waals surface area contributed by atoms with Crippen molar-refractivity contribution in [3.8, 4) is 0 Å². The lowest BCUT2D eigenvalue weighted by Crippen LogP contribution is -2.20. The minimum atomic E-state index is 0.258. The van der Waals surface area contributed by atoms with Crippen LogP contribution in [0.3, 0.4) is 0 Å². The minimum absolute atomic E-state index is 0.258. The van der Waals surface area contributed by atoms with Crippen LogP contribution in [-0.4, -0.2) is 21.8 Å². The Bertz CT molecular complexity index is 548. The second kappa shape index (κ2) is 4.42. The Kier molecular flexibility index (Phi) is 2.92. The minimum Gasteiger partial charge on any atom is -0.277 e. The summed E-state index contributed by atoms with van der Waals surface area (Å²) in [6, 6.07) is 2.31. The monoisotopic (exact) mass is 306 g/mol. The number of thioether (sulfide) groups is 1. The third-order valence-electron chi connectivity index (χ3n) is 3.03. The fraction of sp³-hybridized carbons (Fsp3) is 0.231. The smallest absolute Gasteiger partial charge is 0.0863 e.